The maximum absolute atomic E-state index is 12.8. The Labute approximate surface area is 127 Å². The number of carbonyl (C=O) groups excluding carboxylic acids is 1. The Kier molecular flexibility index (Phi) is 2.60. The van der Waals surface area contributed by atoms with Crippen LogP contribution < -0.4 is 5.73 Å². The molecule has 4 rings (SSSR count). The summed E-state index contributed by atoms with van der Waals surface area (Å²) in [6.07, 6.45) is 3.68. The molecule has 4 heteroatoms. The zero-order valence-electron chi connectivity index (χ0n) is 12.2. The third-order valence-electron chi connectivity index (χ3n) is 4.09. The number of hydrogen-bond acceptors (Lipinski definition) is 2. The van der Waals surface area contributed by atoms with Crippen molar-refractivity contribution in [3.05, 3.63) is 66.5 Å². The summed E-state index contributed by atoms with van der Waals surface area (Å²) in [5, 5.41) is 1.95. The maximum atomic E-state index is 12.8. The van der Waals surface area contributed by atoms with Crippen molar-refractivity contribution in [2.75, 3.05) is 5.73 Å². The van der Waals surface area contributed by atoms with Crippen LogP contribution in [0.5, 0.6) is 0 Å². The van der Waals surface area contributed by atoms with Gasteiger partial charge in [0.1, 0.15) is 0 Å². The first-order valence-corrected chi connectivity index (χ1v) is 7.10. The number of benzene rings is 2. The Hall–Kier alpha value is -3.01. The molecule has 2 N–H and O–H groups in total. The van der Waals surface area contributed by atoms with Gasteiger partial charge >= 0.3 is 0 Å². The van der Waals surface area contributed by atoms with E-state index >= 15 is 0 Å². The lowest BCUT2D eigenvalue weighted by Crippen LogP contribution is -2.10. The van der Waals surface area contributed by atoms with Gasteiger partial charge in [-0.15, -0.1) is 0 Å². The second kappa shape index (κ2) is 4.49. The fourth-order valence-electron chi connectivity index (χ4n) is 2.93. The van der Waals surface area contributed by atoms with Crippen molar-refractivity contribution in [1.29, 1.82) is 0 Å². The normalized spacial score (nSPS) is 11.3. The number of aryl methyl sites for hydroxylation is 1. The first-order valence-electron chi connectivity index (χ1n) is 7.10. The van der Waals surface area contributed by atoms with Gasteiger partial charge in [-0.1, -0.05) is 18.2 Å². The minimum Gasteiger partial charge on any atom is -0.397 e. The number of nitrogens with two attached hydrogens (primary N) is 1. The fraction of sp³-hybridized carbons (Fsp3) is 0.0556. The van der Waals surface area contributed by atoms with E-state index in [1.165, 1.54) is 0 Å². The quantitative estimate of drug-likeness (QED) is 0.584. The predicted octanol–water partition coefficient (Wildman–Crippen LogP) is 3.40. The molecule has 0 amide bonds. The van der Waals surface area contributed by atoms with Crippen LogP contribution in [0, 0.1) is 0 Å². The van der Waals surface area contributed by atoms with Gasteiger partial charge in [0.15, 0.2) is 0 Å². The lowest BCUT2D eigenvalue weighted by Gasteiger charge is -2.05. The molecule has 0 bridgehead atoms. The molecule has 0 fully saturated rings. The van der Waals surface area contributed by atoms with E-state index in [2.05, 4.69) is 0 Å². The van der Waals surface area contributed by atoms with Crippen molar-refractivity contribution in [3.63, 3.8) is 0 Å². The predicted molar refractivity (Wildman–Crippen MR) is 89.0 cm³/mol. The topological polar surface area (TPSA) is 53.0 Å². The number of aromatic nitrogens is 2. The van der Waals surface area contributed by atoms with Gasteiger partial charge in [0, 0.05) is 41.3 Å². The lowest BCUT2D eigenvalue weighted by molar-refractivity contribution is 0.0965. The summed E-state index contributed by atoms with van der Waals surface area (Å²) < 4.78 is 3.65. The van der Waals surface area contributed by atoms with Crippen LogP contribution in [0.25, 0.3) is 21.8 Å². The van der Waals surface area contributed by atoms with Crippen LogP contribution in [0.1, 0.15) is 10.4 Å². The molecular weight excluding hydrogens is 274 g/mol. The zero-order chi connectivity index (χ0) is 15.3. The molecule has 0 aliphatic rings. The largest absolute Gasteiger partial charge is 0.397 e. The molecule has 2 aromatic heterocycles. The van der Waals surface area contributed by atoms with Gasteiger partial charge in [-0.25, -0.2) is 0 Å². The molecule has 4 aromatic rings. The van der Waals surface area contributed by atoms with Crippen molar-refractivity contribution in [1.82, 2.24) is 9.13 Å². The average molecular weight is 289 g/mol. The number of hydrogen-bond donors (Lipinski definition) is 1. The van der Waals surface area contributed by atoms with E-state index in [0.29, 0.717) is 11.3 Å². The molecule has 0 atom stereocenters. The molecule has 0 saturated heterocycles. The highest BCUT2D eigenvalue weighted by Gasteiger charge is 2.14. The summed E-state index contributed by atoms with van der Waals surface area (Å²) in [5.74, 6) is -0.0707. The van der Waals surface area contributed by atoms with Crippen molar-refractivity contribution in [2.24, 2.45) is 7.05 Å². The van der Waals surface area contributed by atoms with Gasteiger partial charge in [-0.05, 0) is 30.3 Å². The van der Waals surface area contributed by atoms with E-state index in [0.717, 1.165) is 21.8 Å². The maximum Gasteiger partial charge on any atom is 0.262 e. The highest BCUT2D eigenvalue weighted by molar-refractivity contribution is 6.06. The number of anilines is 1. The number of fused-ring (bicyclic) bond motifs is 2. The van der Waals surface area contributed by atoms with Crippen molar-refractivity contribution >= 4 is 33.4 Å². The highest BCUT2D eigenvalue weighted by Crippen LogP contribution is 2.25. The Balaban J connectivity index is 1.88. The van der Waals surface area contributed by atoms with Gasteiger partial charge in [-0.2, -0.15) is 0 Å². The summed E-state index contributed by atoms with van der Waals surface area (Å²) in [6, 6.07) is 15.4. The van der Waals surface area contributed by atoms with Crippen LogP contribution in [0.3, 0.4) is 0 Å². The van der Waals surface area contributed by atoms with Crippen molar-refractivity contribution in [2.45, 2.75) is 0 Å². The first kappa shape index (κ1) is 12.7. The minimum atomic E-state index is -0.0707. The molecule has 0 radical (unpaired) electrons. The van der Waals surface area contributed by atoms with Crippen LogP contribution >= 0.6 is 0 Å². The van der Waals surface area contributed by atoms with Gasteiger partial charge in [0.25, 0.3) is 5.91 Å². The monoisotopic (exact) mass is 289 g/mol. The number of para-hydroxylation sites is 1. The Morgan fingerprint density at radius 1 is 1.05 bits per heavy atom. The third-order valence-corrected chi connectivity index (χ3v) is 4.09. The number of rotatable bonds is 1. The molecule has 2 aromatic carbocycles. The van der Waals surface area contributed by atoms with E-state index in [-0.39, 0.29) is 5.91 Å². The van der Waals surface area contributed by atoms with Crippen molar-refractivity contribution in [3.8, 4) is 0 Å². The molecular formula is C18H15N3O. The van der Waals surface area contributed by atoms with Crippen LogP contribution in [0.15, 0.2) is 60.9 Å². The van der Waals surface area contributed by atoms with Gasteiger partial charge in [0.05, 0.1) is 11.2 Å². The van der Waals surface area contributed by atoms with Crippen LogP contribution in [0.4, 0.5) is 5.69 Å². The van der Waals surface area contributed by atoms with Gasteiger partial charge < -0.3 is 10.3 Å². The van der Waals surface area contributed by atoms with E-state index in [4.69, 9.17) is 5.73 Å². The molecule has 0 aliphatic heterocycles. The summed E-state index contributed by atoms with van der Waals surface area (Å²) in [7, 11) is 1.99. The smallest absolute Gasteiger partial charge is 0.262 e. The summed E-state index contributed by atoms with van der Waals surface area (Å²) in [6.45, 7) is 0. The summed E-state index contributed by atoms with van der Waals surface area (Å²) in [5.41, 5.74) is 9.21. The second-order valence-corrected chi connectivity index (χ2v) is 5.48. The molecule has 2 heterocycles. The Morgan fingerprint density at radius 3 is 2.73 bits per heavy atom. The van der Waals surface area contributed by atoms with E-state index in [1.807, 2.05) is 66.3 Å². The summed E-state index contributed by atoms with van der Waals surface area (Å²) in [4.78, 5) is 12.8. The molecule has 22 heavy (non-hydrogen) atoms. The van der Waals surface area contributed by atoms with Gasteiger partial charge in [0.2, 0.25) is 0 Å². The lowest BCUT2D eigenvalue weighted by atomic mass is 10.1. The highest BCUT2D eigenvalue weighted by atomic mass is 16.2. The molecule has 108 valence electrons. The summed E-state index contributed by atoms with van der Waals surface area (Å²) >= 11 is 0. The van der Waals surface area contributed by atoms with Gasteiger partial charge in [-0.3, -0.25) is 9.36 Å². The Morgan fingerprint density at radius 2 is 1.86 bits per heavy atom. The molecule has 0 aliphatic carbocycles. The first-order chi connectivity index (χ1) is 10.6. The minimum absolute atomic E-state index is 0.0707. The molecule has 0 saturated carbocycles. The number of carbonyl (C=O) groups is 1. The zero-order valence-corrected chi connectivity index (χ0v) is 12.2. The molecule has 0 spiro atoms. The number of nitrogens with zero attached hydrogens (tertiary/aromatic N) is 2. The van der Waals surface area contributed by atoms with Crippen LogP contribution in [-0.2, 0) is 7.05 Å². The van der Waals surface area contributed by atoms with E-state index in [9.17, 15) is 4.79 Å². The molecule has 4 nitrogen and oxygen atoms in total. The van der Waals surface area contributed by atoms with Crippen LogP contribution in [-0.4, -0.2) is 15.0 Å². The SMILES string of the molecule is Cn1ccc2cc(C(=O)n3cc(N)c4ccccc43)ccc21. The van der Waals surface area contributed by atoms with E-state index < -0.39 is 0 Å². The van der Waals surface area contributed by atoms with E-state index in [1.54, 1.807) is 10.8 Å². The number of nitrogen functional groups attached to an aromatic ring is 1. The standard InChI is InChI=1S/C18H15N3O/c1-20-9-8-12-10-13(6-7-16(12)20)18(22)21-11-15(19)14-4-2-3-5-17(14)21/h2-11H,19H2,1H3. The second-order valence-electron chi connectivity index (χ2n) is 5.48. The average Bonchev–Trinajstić information content (AvgIpc) is 3.08. The van der Waals surface area contributed by atoms with Crippen LogP contribution in [0.2, 0.25) is 0 Å². The third kappa shape index (κ3) is 1.74. The Bertz CT molecular complexity index is 1020. The molecule has 0 unspecified atom stereocenters. The van der Waals surface area contributed by atoms with Crippen molar-refractivity contribution < 1.29 is 4.79 Å². The fourth-order valence-corrected chi connectivity index (χ4v) is 2.93.